The van der Waals surface area contributed by atoms with Crippen LogP contribution in [0.2, 0.25) is 0 Å². The summed E-state index contributed by atoms with van der Waals surface area (Å²) in [6.45, 7) is 2.28. The molecule has 4 aromatic rings. The van der Waals surface area contributed by atoms with Crippen molar-refractivity contribution < 1.29 is 32.6 Å². The van der Waals surface area contributed by atoms with Gasteiger partial charge in [-0.05, 0) is 17.7 Å². The van der Waals surface area contributed by atoms with Crippen molar-refractivity contribution in [3.63, 3.8) is 0 Å². The van der Waals surface area contributed by atoms with Gasteiger partial charge in [0.25, 0.3) is 0 Å². The summed E-state index contributed by atoms with van der Waals surface area (Å²) in [6.07, 6.45) is 0. The maximum atomic E-state index is 13.2. The van der Waals surface area contributed by atoms with Crippen molar-refractivity contribution in [3.8, 4) is 28.6 Å². The van der Waals surface area contributed by atoms with Crippen LogP contribution in [-0.2, 0) is 16.2 Å². The van der Waals surface area contributed by atoms with Crippen LogP contribution < -0.4 is 19.6 Å². The highest BCUT2D eigenvalue weighted by atomic mass is 19.1. The molecule has 8 heteroatoms. The molecule has 0 radical (unpaired) electrons. The number of esters is 2. The fraction of sp³-hybridized carbons (Fsp3) is 0.115. The molecule has 0 bridgehead atoms. The Kier molecular flexibility index (Phi) is 6.40. The summed E-state index contributed by atoms with van der Waals surface area (Å²) in [6, 6.07) is 17.2. The van der Waals surface area contributed by atoms with Gasteiger partial charge in [0.15, 0.2) is 16.9 Å². The molecular formula is C26H19FO7. The van der Waals surface area contributed by atoms with E-state index in [-0.39, 0.29) is 40.6 Å². The summed E-state index contributed by atoms with van der Waals surface area (Å²) in [4.78, 5) is 36.7. The highest BCUT2D eigenvalue weighted by Crippen LogP contribution is 2.44. The van der Waals surface area contributed by atoms with E-state index in [0.29, 0.717) is 11.1 Å². The maximum Gasteiger partial charge on any atom is 0.308 e. The zero-order valence-electron chi connectivity index (χ0n) is 18.3. The Bertz CT molecular complexity index is 1420. The van der Waals surface area contributed by atoms with Crippen molar-refractivity contribution in [1.82, 2.24) is 0 Å². The van der Waals surface area contributed by atoms with E-state index in [0.717, 1.165) is 13.8 Å². The first-order chi connectivity index (χ1) is 16.3. The van der Waals surface area contributed by atoms with Crippen LogP contribution in [0.25, 0.3) is 22.3 Å². The normalized spacial score (nSPS) is 10.7. The lowest BCUT2D eigenvalue weighted by Gasteiger charge is -2.16. The van der Waals surface area contributed by atoms with Crippen LogP contribution in [0, 0.1) is 5.82 Å². The van der Waals surface area contributed by atoms with Crippen LogP contribution in [0.3, 0.4) is 0 Å². The Morgan fingerprint density at radius 1 is 0.882 bits per heavy atom. The van der Waals surface area contributed by atoms with E-state index in [1.54, 1.807) is 24.3 Å². The van der Waals surface area contributed by atoms with Gasteiger partial charge in [-0.15, -0.1) is 0 Å². The number of hydrogen-bond donors (Lipinski definition) is 0. The standard InChI is InChI=1S/C26H19FO7/c1-15(28)32-25-23(31-14-17-8-10-19(27)11-9-17)13-22-24(26(25)33-16(2)29)20(30)12-21(34-22)18-6-4-3-5-7-18/h3-13H,14H2,1-2H3. The molecule has 0 amide bonds. The molecule has 0 N–H and O–H groups in total. The van der Waals surface area contributed by atoms with Crippen LogP contribution >= 0.6 is 0 Å². The molecule has 1 heterocycles. The molecule has 0 atom stereocenters. The Labute approximate surface area is 193 Å². The topological polar surface area (TPSA) is 92.0 Å². The second kappa shape index (κ2) is 9.58. The molecular weight excluding hydrogens is 443 g/mol. The van der Waals surface area contributed by atoms with Crippen LogP contribution in [0.15, 0.2) is 75.9 Å². The van der Waals surface area contributed by atoms with Gasteiger partial charge in [0.1, 0.15) is 29.2 Å². The lowest BCUT2D eigenvalue weighted by molar-refractivity contribution is -0.134. The molecule has 3 aromatic carbocycles. The smallest absolute Gasteiger partial charge is 0.308 e. The molecule has 4 rings (SSSR count). The Morgan fingerprint density at radius 3 is 2.18 bits per heavy atom. The molecule has 172 valence electrons. The number of carbonyl (C=O) groups excluding carboxylic acids is 2. The van der Waals surface area contributed by atoms with E-state index >= 15 is 0 Å². The molecule has 7 nitrogen and oxygen atoms in total. The lowest BCUT2D eigenvalue weighted by Crippen LogP contribution is -2.12. The SMILES string of the molecule is CC(=O)Oc1c(OCc2ccc(F)cc2)cc2oc(-c3ccccc3)cc(=O)c2c1OC(C)=O. The number of fused-ring (bicyclic) bond motifs is 1. The number of carbonyl (C=O) groups is 2. The minimum Gasteiger partial charge on any atom is -0.485 e. The van der Waals surface area contributed by atoms with Crippen molar-refractivity contribution in [2.24, 2.45) is 0 Å². The summed E-state index contributed by atoms with van der Waals surface area (Å²) in [5, 5.41) is -0.0831. The van der Waals surface area contributed by atoms with E-state index in [1.807, 2.05) is 6.07 Å². The van der Waals surface area contributed by atoms with Crippen molar-refractivity contribution in [1.29, 1.82) is 0 Å². The summed E-state index contributed by atoms with van der Waals surface area (Å²) >= 11 is 0. The monoisotopic (exact) mass is 462 g/mol. The Hall–Kier alpha value is -4.46. The first-order valence-electron chi connectivity index (χ1n) is 10.3. The second-order valence-electron chi connectivity index (χ2n) is 7.35. The number of halogens is 1. The molecule has 0 saturated heterocycles. The van der Waals surface area contributed by atoms with Gasteiger partial charge in [-0.25, -0.2) is 4.39 Å². The van der Waals surface area contributed by atoms with Crippen LogP contribution in [0.4, 0.5) is 4.39 Å². The second-order valence-corrected chi connectivity index (χ2v) is 7.35. The molecule has 34 heavy (non-hydrogen) atoms. The van der Waals surface area contributed by atoms with Crippen molar-refractivity contribution in [3.05, 3.63) is 88.3 Å². The fourth-order valence-corrected chi connectivity index (χ4v) is 3.32. The average molecular weight is 462 g/mol. The molecule has 1 aromatic heterocycles. The predicted octanol–water partition coefficient (Wildman–Crippen LogP) is 5.03. The Balaban J connectivity index is 1.91. The van der Waals surface area contributed by atoms with Gasteiger partial charge in [0.05, 0.1) is 0 Å². The molecule has 0 fully saturated rings. The summed E-state index contributed by atoms with van der Waals surface area (Å²) in [5.74, 6) is -2.10. The van der Waals surface area contributed by atoms with Gasteiger partial charge in [-0.2, -0.15) is 0 Å². The number of benzene rings is 3. The van der Waals surface area contributed by atoms with Gasteiger partial charge in [0, 0.05) is 31.5 Å². The molecule has 0 aliphatic heterocycles. The summed E-state index contributed by atoms with van der Waals surface area (Å²) in [7, 11) is 0. The van der Waals surface area contributed by atoms with E-state index < -0.39 is 23.2 Å². The van der Waals surface area contributed by atoms with E-state index in [4.69, 9.17) is 18.6 Å². The van der Waals surface area contributed by atoms with E-state index in [1.165, 1.54) is 36.4 Å². The molecule has 0 unspecified atom stereocenters. The zero-order valence-corrected chi connectivity index (χ0v) is 18.3. The number of ether oxygens (including phenoxy) is 3. The van der Waals surface area contributed by atoms with Gasteiger partial charge >= 0.3 is 11.9 Å². The largest absolute Gasteiger partial charge is 0.485 e. The third kappa shape index (κ3) is 4.96. The predicted molar refractivity (Wildman–Crippen MR) is 121 cm³/mol. The van der Waals surface area contributed by atoms with Crippen LogP contribution in [0.5, 0.6) is 17.2 Å². The molecule has 0 saturated carbocycles. The summed E-state index contributed by atoms with van der Waals surface area (Å²) < 4.78 is 35.6. The van der Waals surface area contributed by atoms with Gasteiger partial charge in [0.2, 0.25) is 5.75 Å². The zero-order chi connectivity index (χ0) is 24.2. The molecule has 0 spiro atoms. The Morgan fingerprint density at radius 2 is 1.53 bits per heavy atom. The minimum atomic E-state index is -0.739. The van der Waals surface area contributed by atoms with E-state index in [9.17, 15) is 18.8 Å². The minimum absolute atomic E-state index is 0.00311. The maximum absolute atomic E-state index is 13.2. The van der Waals surface area contributed by atoms with Crippen molar-refractivity contribution >= 4 is 22.9 Å². The van der Waals surface area contributed by atoms with Crippen LogP contribution in [-0.4, -0.2) is 11.9 Å². The van der Waals surface area contributed by atoms with Gasteiger partial charge < -0.3 is 18.6 Å². The summed E-state index contributed by atoms with van der Waals surface area (Å²) in [5.41, 5.74) is 0.847. The fourth-order valence-electron chi connectivity index (χ4n) is 3.32. The van der Waals surface area contributed by atoms with Gasteiger partial charge in [-0.3, -0.25) is 14.4 Å². The number of rotatable bonds is 6. The number of hydrogen-bond acceptors (Lipinski definition) is 7. The van der Waals surface area contributed by atoms with Crippen molar-refractivity contribution in [2.75, 3.05) is 0 Å². The van der Waals surface area contributed by atoms with Crippen molar-refractivity contribution in [2.45, 2.75) is 20.5 Å². The average Bonchev–Trinajstić information content (AvgIpc) is 2.80. The first kappa shape index (κ1) is 22.7. The van der Waals surface area contributed by atoms with E-state index in [2.05, 4.69) is 0 Å². The lowest BCUT2D eigenvalue weighted by atomic mass is 10.1. The highest BCUT2D eigenvalue weighted by molar-refractivity contribution is 5.93. The highest BCUT2D eigenvalue weighted by Gasteiger charge is 2.25. The first-order valence-corrected chi connectivity index (χ1v) is 10.3. The molecule has 0 aliphatic carbocycles. The molecule has 0 aliphatic rings. The third-order valence-corrected chi connectivity index (χ3v) is 4.75. The third-order valence-electron chi connectivity index (χ3n) is 4.75. The van der Waals surface area contributed by atoms with Gasteiger partial charge in [-0.1, -0.05) is 42.5 Å². The quantitative estimate of drug-likeness (QED) is 0.293. The van der Waals surface area contributed by atoms with Crippen LogP contribution in [0.1, 0.15) is 19.4 Å².